The Labute approximate surface area is 154 Å². The third kappa shape index (κ3) is 3.60. The number of hydrogen-bond donors (Lipinski definition) is 1. The summed E-state index contributed by atoms with van der Waals surface area (Å²) >= 11 is 6.10. The molecule has 132 valence electrons. The SMILES string of the molecule is COC(=O)c1ccc(Cl)c(NC(=O)c2ccc3cc(OC)ccc3n2)c1. The molecular weight excluding hydrogens is 356 g/mol. The molecule has 0 aliphatic heterocycles. The van der Waals surface area contributed by atoms with Gasteiger partial charge in [-0.05, 0) is 42.5 Å². The van der Waals surface area contributed by atoms with E-state index in [2.05, 4.69) is 15.0 Å². The van der Waals surface area contributed by atoms with Crippen LogP contribution >= 0.6 is 11.6 Å². The number of fused-ring (bicyclic) bond motifs is 1. The van der Waals surface area contributed by atoms with Crippen molar-refractivity contribution in [1.82, 2.24) is 4.98 Å². The van der Waals surface area contributed by atoms with Crippen LogP contribution in [0.15, 0.2) is 48.5 Å². The van der Waals surface area contributed by atoms with Crippen molar-refractivity contribution < 1.29 is 19.1 Å². The van der Waals surface area contributed by atoms with Crippen molar-refractivity contribution >= 4 is 40.1 Å². The molecule has 3 rings (SSSR count). The van der Waals surface area contributed by atoms with Gasteiger partial charge in [0.05, 0.1) is 36.0 Å². The summed E-state index contributed by atoms with van der Waals surface area (Å²) in [6, 6.07) is 13.3. The summed E-state index contributed by atoms with van der Waals surface area (Å²) in [4.78, 5) is 28.5. The standard InChI is InChI=1S/C19H15ClN2O4/c1-25-13-5-8-15-11(9-13)4-7-16(21-15)18(23)22-17-10-12(19(24)26-2)3-6-14(17)20/h3-10H,1-2H3,(H,22,23). The summed E-state index contributed by atoms with van der Waals surface area (Å²) in [6.45, 7) is 0. The van der Waals surface area contributed by atoms with Crippen molar-refractivity contribution in [3.8, 4) is 5.75 Å². The number of carbonyl (C=O) groups is 2. The molecule has 1 amide bonds. The Morgan fingerprint density at radius 2 is 1.85 bits per heavy atom. The van der Waals surface area contributed by atoms with Crippen molar-refractivity contribution in [3.05, 3.63) is 64.8 Å². The summed E-state index contributed by atoms with van der Waals surface area (Å²) in [5, 5.41) is 3.82. The Hall–Kier alpha value is -3.12. The monoisotopic (exact) mass is 370 g/mol. The fourth-order valence-corrected chi connectivity index (χ4v) is 2.57. The summed E-state index contributed by atoms with van der Waals surface area (Å²) in [7, 11) is 2.87. The molecule has 0 radical (unpaired) electrons. The minimum atomic E-state index is -0.519. The van der Waals surface area contributed by atoms with Gasteiger partial charge < -0.3 is 14.8 Å². The molecule has 1 heterocycles. The van der Waals surface area contributed by atoms with Crippen molar-refractivity contribution in [2.75, 3.05) is 19.5 Å². The zero-order valence-corrected chi connectivity index (χ0v) is 14.8. The molecule has 0 saturated carbocycles. The number of hydrogen-bond acceptors (Lipinski definition) is 5. The van der Waals surface area contributed by atoms with E-state index in [9.17, 15) is 9.59 Å². The Morgan fingerprint density at radius 1 is 1.04 bits per heavy atom. The molecule has 6 nitrogen and oxygen atoms in total. The largest absolute Gasteiger partial charge is 0.497 e. The van der Waals surface area contributed by atoms with Gasteiger partial charge in [0, 0.05) is 5.39 Å². The molecule has 0 saturated heterocycles. The molecule has 7 heteroatoms. The van der Waals surface area contributed by atoms with Crippen LogP contribution in [0.3, 0.4) is 0 Å². The van der Waals surface area contributed by atoms with Gasteiger partial charge in [-0.15, -0.1) is 0 Å². The molecule has 1 aromatic heterocycles. The first-order valence-electron chi connectivity index (χ1n) is 7.66. The van der Waals surface area contributed by atoms with Crippen molar-refractivity contribution in [1.29, 1.82) is 0 Å². The van der Waals surface area contributed by atoms with Gasteiger partial charge in [-0.25, -0.2) is 9.78 Å². The average molecular weight is 371 g/mol. The van der Waals surface area contributed by atoms with Gasteiger partial charge in [-0.3, -0.25) is 4.79 Å². The van der Waals surface area contributed by atoms with E-state index < -0.39 is 11.9 Å². The Bertz CT molecular complexity index is 1000. The van der Waals surface area contributed by atoms with E-state index >= 15 is 0 Å². The molecular formula is C19H15ClN2O4. The highest BCUT2D eigenvalue weighted by Gasteiger charge is 2.14. The van der Waals surface area contributed by atoms with Crippen LogP contribution in [0.25, 0.3) is 10.9 Å². The van der Waals surface area contributed by atoms with Crippen LogP contribution in [0, 0.1) is 0 Å². The molecule has 0 unspecified atom stereocenters. The third-order valence-electron chi connectivity index (χ3n) is 3.76. The molecule has 3 aromatic rings. The average Bonchev–Trinajstić information content (AvgIpc) is 2.68. The normalized spacial score (nSPS) is 10.4. The van der Waals surface area contributed by atoms with Crippen LogP contribution in [0.4, 0.5) is 5.69 Å². The maximum absolute atomic E-state index is 12.5. The highest BCUT2D eigenvalue weighted by atomic mass is 35.5. The fraction of sp³-hybridized carbons (Fsp3) is 0.105. The van der Waals surface area contributed by atoms with E-state index in [1.807, 2.05) is 6.07 Å². The van der Waals surface area contributed by atoms with Gasteiger partial charge in [0.15, 0.2) is 0 Å². The van der Waals surface area contributed by atoms with Crippen LogP contribution in [0.2, 0.25) is 5.02 Å². The van der Waals surface area contributed by atoms with Crippen LogP contribution in [0.5, 0.6) is 5.75 Å². The Balaban J connectivity index is 1.88. The molecule has 0 aliphatic carbocycles. The number of amides is 1. The number of nitrogens with zero attached hydrogens (tertiary/aromatic N) is 1. The van der Waals surface area contributed by atoms with E-state index in [4.69, 9.17) is 16.3 Å². The number of carbonyl (C=O) groups excluding carboxylic acids is 2. The van der Waals surface area contributed by atoms with Gasteiger partial charge in [0.25, 0.3) is 5.91 Å². The fourth-order valence-electron chi connectivity index (χ4n) is 2.41. The molecule has 0 spiro atoms. The minimum absolute atomic E-state index is 0.224. The molecule has 0 fully saturated rings. The second-order valence-corrected chi connectivity index (χ2v) is 5.80. The molecule has 0 aliphatic rings. The highest BCUT2D eigenvalue weighted by Crippen LogP contribution is 2.25. The van der Waals surface area contributed by atoms with E-state index in [1.54, 1.807) is 31.4 Å². The van der Waals surface area contributed by atoms with Crippen molar-refractivity contribution in [3.63, 3.8) is 0 Å². The summed E-state index contributed by atoms with van der Waals surface area (Å²) < 4.78 is 9.84. The van der Waals surface area contributed by atoms with Crippen LogP contribution < -0.4 is 10.1 Å². The summed E-state index contributed by atoms with van der Waals surface area (Å²) in [5.41, 5.74) is 1.47. The number of halogens is 1. The lowest BCUT2D eigenvalue weighted by atomic mass is 10.1. The number of nitrogens with one attached hydrogen (secondary N) is 1. The van der Waals surface area contributed by atoms with Gasteiger partial charge >= 0.3 is 5.97 Å². The highest BCUT2D eigenvalue weighted by molar-refractivity contribution is 6.34. The first kappa shape index (κ1) is 17.7. The van der Waals surface area contributed by atoms with Crippen LogP contribution in [-0.2, 0) is 4.74 Å². The zero-order valence-electron chi connectivity index (χ0n) is 14.1. The smallest absolute Gasteiger partial charge is 0.337 e. The second kappa shape index (κ2) is 7.41. The van der Waals surface area contributed by atoms with Gasteiger partial charge in [0.1, 0.15) is 11.4 Å². The predicted molar refractivity (Wildman–Crippen MR) is 99.0 cm³/mol. The van der Waals surface area contributed by atoms with Gasteiger partial charge in [-0.1, -0.05) is 17.7 Å². The van der Waals surface area contributed by atoms with Crippen LogP contribution in [-0.4, -0.2) is 31.1 Å². The van der Waals surface area contributed by atoms with E-state index in [1.165, 1.54) is 25.3 Å². The maximum Gasteiger partial charge on any atom is 0.337 e. The lowest BCUT2D eigenvalue weighted by Crippen LogP contribution is -2.14. The Morgan fingerprint density at radius 3 is 2.58 bits per heavy atom. The number of anilines is 1. The number of esters is 1. The molecule has 0 atom stereocenters. The van der Waals surface area contributed by atoms with E-state index in [-0.39, 0.29) is 11.3 Å². The quantitative estimate of drug-likeness (QED) is 0.704. The predicted octanol–water partition coefficient (Wildman–Crippen LogP) is 3.94. The summed E-state index contributed by atoms with van der Waals surface area (Å²) in [5.74, 6) is -0.246. The number of benzene rings is 2. The number of aromatic nitrogens is 1. The minimum Gasteiger partial charge on any atom is -0.497 e. The van der Waals surface area contributed by atoms with E-state index in [0.29, 0.717) is 22.0 Å². The number of pyridine rings is 1. The zero-order chi connectivity index (χ0) is 18.7. The van der Waals surface area contributed by atoms with E-state index in [0.717, 1.165) is 5.39 Å². The molecule has 1 N–H and O–H groups in total. The first-order chi connectivity index (χ1) is 12.5. The van der Waals surface area contributed by atoms with Crippen molar-refractivity contribution in [2.24, 2.45) is 0 Å². The molecule has 2 aromatic carbocycles. The topological polar surface area (TPSA) is 77.5 Å². The second-order valence-electron chi connectivity index (χ2n) is 5.40. The number of methoxy groups -OCH3 is 2. The molecule has 26 heavy (non-hydrogen) atoms. The third-order valence-corrected chi connectivity index (χ3v) is 4.09. The van der Waals surface area contributed by atoms with Gasteiger partial charge in [0.2, 0.25) is 0 Å². The Kier molecular flexibility index (Phi) is 5.04. The lowest BCUT2D eigenvalue weighted by Gasteiger charge is -2.09. The summed E-state index contributed by atoms with van der Waals surface area (Å²) in [6.07, 6.45) is 0. The van der Waals surface area contributed by atoms with Gasteiger partial charge in [-0.2, -0.15) is 0 Å². The van der Waals surface area contributed by atoms with Crippen LogP contribution in [0.1, 0.15) is 20.8 Å². The first-order valence-corrected chi connectivity index (χ1v) is 8.03. The number of rotatable bonds is 4. The maximum atomic E-state index is 12.5. The van der Waals surface area contributed by atoms with Crippen molar-refractivity contribution in [2.45, 2.75) is 0 Å². The number of ether oxygens (including phenoxy) is 2. The molecule has 0 bridgehead atoms. The lowest BCUT2D eigenvalue weighted by molar-refractivity contribution is 0.0600.